The standard InChI is InChI=1S/C16H20O6/c1-9(17)22-8-14-11-5-4-10(6-11)12(14)7-13(15(18)20-2)16(19)21-3/h4-5,10-11,13H,6-8H2,1-3H3. The molecule has 0 aromatic rings. The molecule has 0 saturated heterocycles. The monoisotopic (exact) mass is 308 g/mol. The molecule has 0 aromatic heterocycles. The van der Waals surface area contributed by atoms with Gasteiger partial charge in [0.25, 0.3) is 0 Å². The molecule has 2 atom stereocenters. The van der Waals surface area contributed by atoms with Gasteiger partial charge in [-0.15, -0.1) is 0 Å². The molecule has 2 aliphatic carbocycles. The molecule has 0 saturated carbocycles. The van der Waals surface area contributed by atoms with Crippen molar-refractivity contribution in [1.29, 1.82) is 0 Å². The summed E-state index contributed by atoms with van der Waals surface area (Å²) in [6.45, 7) is 1.56. The number of ether oxygens (including phenoxy) is 3. The summed E-state index contributed by atoms with van der Waals surface area (Å²) in [6.07, 6.45) is 5.30. The number of methoxy groups -OCH3 is 2. The smallest absolute Gasteiger partial charge is 0.320 e. The van der Waals surface area contributed by atoms with Crippen molar-refractivity contribution in [3.05, 3.63) is 23.3 Å². The molecule has 120 valence electrons. The van der Waals surface area contributed by atoms with E-state index >= 15 is 0 Å². The van der Waals surface area contributed by atoms with Gasteiger partial charge in [0.2, 0.25) is 0 Å². The van der Waals surface area contributed by atoms with Gasteiger partial charge in [0.15, 0.2) is 5.92 Å². The van der Waals surface area contributed by atoms with E-state index < -0.39 is 17.9 Å². The average molecular weight is 308 g/mol. The first-order chi connectivity index (χ1) is 10.5. The predicted molar refractivity (Wildman–Crippen MR) is 76.5 cm³/mol. The van der Waals surface area contributed by atoms with Crippen LogP contribution in [0.4, 0.5) is 0 Å². The van der Waals surface area contributed by atoms with Gasteiger partial charge >= 0.3 is 17.9 Å². The summed E-state index contributed by atoms with van der Waals surface area (Å²) in [5.74, 6) is -2.15. The Morgan fingerprint density at radius 3 is 2.14 bits per heavy atom. The van der Waals surface area contributed by atoms with Gasteiger partial charge in [0, 0.05) is 12.8 Å². The van der Waals surface area contributed by atoms with E-state index in [-0.39, 0.29) is 30.8 Å². The van der Waals surface area contributed by atoms with E-state index in [1.807, 2.05) is 0 Å². The number of hydrogen-bond acceptors (Lipinski definition) is 6. The van der Waals surface area contributed by atoms with Crippen LogP contribution in [-0.4, -0.2) is 38.7 Å². The van der Waals surface area contributed by atoms with Crippen LogP contribution in [0.5, 0.6) is 0 Å². The highest BCUT2D eigenvalue weighted by molar-refractivity contribution is 5.95. The molecule has 2 bridgehead atoms. The third kappa shape index (κ3) is 3.21. The predicted octanol–water partition coefficient (Wildman–Crippen LogP) is 1.40. The lowest BCUT2D eigenvalue weighted by Gasteiger charge is -2.19. The Kier molecular flexibility index (Phi) is 5.00. The Labute approximate surface area is 129 Å². The maximum Gasteiger partial charge on any atom is 0.320 e. The summed E-state index contributed by atoms with van der Waals surface area (Å²) in [7, 11) is 2.49. The van der Waals surface area contributed by atoms with Gasteiger partial charge in [0.05, 0.1) is 14.2 Å². The highest BCUT2D eigenvalue weighted by Gasteiger charge is 2.39. The van der Waals surface area contributed by atoms with Crippen LogP contribution in [-0.2, 0) is 28.6 Å². The zero-order valence-corrected chi connectivity index (χ0v) is 13.0. The summed E-state index contributed by atoms with van der Waals surface area (Å²) in [5.41, 5.74) is 1.97. The van der Waals surface area contributed by atoms with E-state index in [1.165, 1.54) is 21.1 Å². The Morgan fingerprint density at radius 2 is 1.64 bits per heavy atom. The van der Waals surface area contributed by atoms with Crippen molar-refractivity contribution >= 4 is 17.9 Å². The lowest BCUT2D eigenvalue weighted by molar-refractivity contribution is -0.158. The molecule has 0 spiro atoms. The zero-order chi connectivity index (χ0) is 16.3. The Morgan fingerprint density at radius 1 is 1.09 bits per heavy atom. The first kappa shape index (κ1) is 16.3. The first-order valence-corrected chi connectivity index (χ1v) is 7.17. The highest BCUT2D eigenvalue weighted by Crippen LogP contribution is 2.46. The fourth-order valence-electron chi connectivity index (χ4n) is 3.12. The number of esters is 3. The van der Waals surface area contributed by atoms with Crippen molar-refractivity contribution in [3.63, 3.8) is 0 Å². The van der Waals surface area contributed by atoms with Gasteiger partial charge in [-0.1, -0.05) is 17.7 Å². The lowest BCUT2D eigenvalue weighted by Crippen LogP contribution is -2.28. The van der Waals surface area contributed by atoms with Crippen molar-refractivity contribution in [2.45, 2.75) is 19.8 Å². The lowest BCUT2D eigenvalue weighted by atomic mass is 9.89. The van der Waals surface area contributed by atoms with Crippen LogP contribution < -0.4 is 0 Å². The summed E-state index contributed by atoms with van der Waals surface area (Å²) in [5, 5.41) is 0. The Bertz CT molecular complexity index is 529. The van der Waals surface area contributed by atoms with Crippen LogP contribution in [0.2, 0.25) is 0 Å². The quantitative estimate of drug-likeness (QED) is 0.319. The molecule has 22 heavy (non-hydrogen) atoms. The first-order valence-electron chi connectivity index (χ1n) is 7.17. The Balaban J connectivity index is 2.20. The van der Waals surface area contributed by atoms with E-state index in [2.05, 4.69) is 12.2 Å². The molecular formula is C16H20O6. The fraction of sp³-hybridized carbons (Fsp3) is 0.562. The molecule has 2 unspecified atom stereocenters. The summed E-state index contributed by atoms with van der Waals surface area (Å²) in [6, 6.07) is 0. The van der Waals surface area contributed by atoms with Gasteiger partial charge in [-0.2, -0.15) is 0 Å². The Hall–Kier alpha value is -2.11. The minimum atomic E-state index is -0.981. The van der Waals surface area contributed by atoms with E-state index in [9.17, 15) is 14.4 Å². The minimum Gasteiger partial charge on any atom is -0.468 e. The van der Waals surface area contributed by atoms with E-state index in [1.54, 1.807) is 0 Å². The molecule has 6 heteroatoms. The maximum atomic E-state index is 11.8. The number of allylic oxidation sites excluding steroid dienone is 3. The van der Waals surface area contributed by atoms with E-state index in [0.29, 0.717) is 0 Å². The molecule has 6 nitrogen and oxygen atoms in total. The molecule has 0 heterocycles. The summed E-state index contributed by atoms with van der Waals surface area (Å²) >= 11 is 0. The van der Waals surface area contributed by atoms with Crippen LogP contribution in [0.3, 0.4) is 0 Å². The summed E-state index contributed by atoms with van der Waals surface area (Å²) < 4.78 is 14.5. The highest BCUT2D eigenvalue weighted by atomic mass is 16.5. The normalized spacial score (nSPS) is 22.2. The van der Waals surface area contributed by atoms with Crippen LogP contribution in [0.1, 0.15) is 19.8 Å². The van der Waals surface area contributed by atoms with Crippen molar-refractivity contribution in [3.8, 4) is 0 Å². The van der Waals surface area contributed by atoms with Crippen molar-refractivity contribution < 1.29 is 28.6 Å². The second-order valence-electron chi connectivity index (χ2n) is 5.47. The second kappa shape index (κ2) is 6.77. The van der Waals surface area contributed by atoms with Crippen molar-refractivity contribution in [1.82, 2.24) is 0 Å². The molecule has 2 rings (SSSR count). The van der Waals surface area contributed by atoms with Crippen LogP contribution in [0, 0.1) is 17.8 Å². The van der Waals surface area contributed by atoms with Gasteiger partial charge in [0.1, 0.15) is 6.61 Å². The maximum absolute atomic E-state index is 11.8. The summed E-state index contributed by atoms with van der Waals surface area (Å²) in [4.78, 5) is 34.7. The molecule has 0 aromatic carbocycles. The molecule has 0 fully saturated rings. The molecule has 0 aliphatic heterocycles. The van der Waals surface area contributed by atoms with Gasteiger partial charge in [-0.25, -0.2) is 0 Å². The number of hydrogen-bond donors (Lipinski definition) is 0. The van der Waals surface area contributed by atoms with Crippen molar-refractivity contribution in [2.75, 3.05) is 20.8 Å². The molecule has 0 N–H and O–H groups in total. The number of carbonyl (C=O) groups is 3. The number of fused-ring (bicyclic) bond motifs is 2. The molecule has 0 radical (unpaired) electrons. The van der Waals surface area contributed by atoms with Crippen LogP contribution in [0.25, 0.3) is 0 Å². The van der Waals surface area contributed by atoms with E-state index in [4.69, 9.17) is 14.2 Å². The SMILES string of the molecule is COC(=O)C(CC1=C(COC(C)=O)C2C=CC1C2)C(=O)OC. The van der Waals surface area contributed by atoms with Gasteiger partial charge in [-0.05, 0) is 24.3 Å². The van der Waals surface area contributed by atoms with Crippen molar-refractivity contribution in [2.24, 2.45) is 17.8 Å². The van der Waals surface area contributed by atoms with Crippen LogP contribution in [0.15, 0.2) is 23.3 Å². The fourth-order valence-corrected chi connectivity index (χ4v) is 3.12. The largest absolute Gasteiger partial charge is 0.468 e. The third-order valence-electron chi connectivity index (χ3n) is 4.22. The number of rotatable bonds is 6. The minimum absolute atomic E-state index is 0.187. The molecule has 2 aliphatic rings. The second-order valence-corrected chi connectivity index (χ2v) is 5.47. The van der Waals surface area contributed by atoms with E-state index in [0.717, 1.165) is 17.6 Å². The topological polar surface area (TPSA) is 78.9 Å². The van der Waals surface area contributed by atoms with Gasteiger partial charge in [-0.3, -0.25) is 14.4 Å². The molecular weight excluding hydrogens is 288 g/mol. The van der Waals surface area contributed by atoms with Gasteiger partial charge < -0.3 is 14.2 Å². The average Bonchev–Trinajstić information content (AvgIpc) is 3.10. The zero-order valence-electron chi connectivity index (χ0n) is 13.0. The van der Waals surface area contributed by atoms with Crippen LogP contribution >= 0.6 is 0 Å². The number of carbonyl (C=O) groups excluding carboxylic acids is 3. The molecule has 0 amide bonds. The third-order valence-corrected chi connectivity index (χ3v) is 4.22.